The predicted molar refractivity (Wildman–Crippen MR) is 82.5 cm³/mol. The number of piperazine rings is 1. The van der Waals surface area contributed by atoms with Crippen molar-refractivity contribution in [2.45, 2.75) is 25.3 Å². The molecule has 0 aromatic heterocycles. The monoisotopic (exact) mass is 289 g/mol. The maximum Gasteiger partial charge on any atom is 0.239 e. The quantitative estimate of drug-likeness (QED) is 0.858. The lowest BCUT2D eigenvalue weighted by atomic mass is 10.0. The summed E-state index contributed by atoms with van der Waals surface area (Å²) < 4.78 is 0. The number of aromatic hydroxyl groups is 1. The maximum atomic E-state index is 12.5. The molecule has 2 aliphatic rings. The van der Waals surface area contributed by atoms with Crippen LogP contribution in [0, 0.1) is 0 Å². The number of nitrogens with one attached hydrogen (secondary N) is 1. The molecule has 1 amide bonds. The van der Waals surface area contributed by atoms with Gasteiger partial charge in [-0.2, -0.15) is 0 Å². The number of phenols is 1. The second-order valence-corrected chi connectivity index (χ2v) is 5.83. The molecular formula is C16H23N3O2. The zero-order valence-corrected chi connectivity index (χ0v) is 12.3. The smallest absolute Gasteiger partial charge is 0.239 e. The van der Waals surface area contributed by atoms with Crippen molar-refractivity contribution in [2.24, 2.45) is 0 Å². The molecule has 5 heteroatoms. The van der Waals surface area contributed by atoms with E-state index in [1.165, 1.54) is 6.42 Å². The molecule has 0 aliphatic carbocycles. The van der Waals surface area contributed by atoms with Gasteiger partial charge in [0, 0.05) is 31.9 Å². The fourth-order valence-electron chi connectivity index (χ4n) is 3.13. The summed E-state index contributed by atoms with van der Waals surface area (Å²) in [5.74, 6) is 0.552. The zero-order chi connectivity index (χ0) is 14.7. The Bertz CT molecular complexity index is 475. The van der Waals surface area contributed by atoms with Gasteiger partial charge < -0.3 is 20.2 Å². The fourth-order valence-corrected chi connectivity index (χ4v) is 3.13. The molecule has 0 bridgehead atoms. The van der Waals surface area contributed by atoms with E-state index in [4.69, 9.17) is 0 Å². The van der Waals surface area contributed by atoms with Crippen LogP contribution in [0.1, 0.15) is 19.3 Å². The van der Waals surface area contributed by atoms with Crippen molar-refractivity contribution in [2.75, 3.05) is 37.6 Å². The maximum absolute atomic E-state index is 12.5. The lowest BCUT2D eigenvalue weighted by molar-refractivity contribution is -0.134. The molecule has 5 nitrogen and oxygen atoms in total. The summed E-state index contributed by atoms with van der Waals surface area (Å²) in [6, 6.07) is 7.29. The van der Waals surface area contributed by atoms with Crippen LogP contribution < -0.4 is 10.2 Å². The first kappa shape index (κ1) is 14.2. The summed E-state index contributed by atoms with van der Waals surface area (Å²) in [4.78, 5) is 16.7. The number of hydrogen-bond acceptors (Lipinski definition) is 4. The summed E-state index contributed by atoms with van der Waals surface area (Å²) in [6.45, 7) is 4.21. The third kappa shape index (κ3) is 3.29. The van der Waals surface area contributed by atoms with Gasteiger partial charge >= 0.3 is 0 Å². The number of amides is 1. The first-order valence-corrected chi connectivity index (χ1v) is 7.80. The van der Waals surface area contributed by atoms with Gasteiger partial charge in [-0.15, -0.1) is 0 Å². The molecule has 2 N–H and O–H groups in total. The molecule has 1 aromatic carbocycles. The Morgan fingerprint density at radius 3 is 2.43 bits per heavy atom. The lowest BCUT2D eigenvalue weighted by Gasteiger charge is -2.38. The molecule has 1 atom stereocenters. The first-order chi connectivity index (χ1) is 10.2. The van der Waals surface area contributed by atoms with Crippen molar-refractivity contribution < 1.29 is 9.90 Å². The van der Waals surface area contributed by atoms with Crippen molar-refractivity contribution in [1.29, 1.82) is 0 Å². The number of hydrogen-bond donors (Lipinski definition) is 2. The highest BCUT2D eigenvalue weighted by Crippen LogP contribution is 2.20. The average molecular weight is 289 g/mol. The van der Waals surface area contributed by atoms with Gasteiger partial charge in [0.2, 0.25) is 5.91 Å². The van der Waals surface area contributed by atoms with Gasteiger partial charge in [-0.3, -0.25) is 4.79 Å². The van der Waals surface area contributed by atoms with Crippen molar-refractivity contribution in [3.63, 3.8) is 0 Å². The van der Waals surface area contributed by atoms with E-state index in [0.717, 1.165) is 51.3 Å². The van der Waals surface area contributed by atoms with Crippen LogP contribution in [0.3, 0.4) is 0 Å². The highest BCUT2D eigenvalue weighted by atomic mass is 16.3. The average Bonchev–Trinajstić information content (AvgIpc) is 2.56. The van der Waals surface area contributed by atoms with E-state index < -0.39 is 0 Å². The molecule has 2 fully saturated rings. The van der Waals surface area contributed by atoms with Gasteiger partial charge in [-0.25, -0.2) is 0 Å². The highest BCUT2D eigenvalue weighted by molar-refractivity contribution is 5.82. The minimum absolute atomic E-state index is 0.0268. The zero-order valence-electron chi connectivity index (χ0n) is 12.3. The van der Waals surface area contributed by atoms with Crippen molar-refractivity contribution in [3.05, 3.63) is 24.3 Å². The highest BCUT2D eigenvalue weighted by Gasteiger charge is 2.28. The minimum atomic E-state index is 0.0268. The molecule has 2 saturated heterocycles. The van der Waals surface area contributed by atoms with Crippen LogP contribution in [-0.2, 0) is 4.79 Å². The van der Waals surface area contributed by atoms with Crippen molar-refractivity contribution >= 4 is 11.6 Å². The number of rotatable bonds is 2. The van der Waals surface area contributed by atoms with E-state index in [0.29, 0.717) is 0 Å². The predicted octanol–water partition coefficient (Wildman–Crippen LogP) is 1.18. The summed E-state index contributed by atoms with van der Waals surface area (Å²) in [7, 11) is 0. The van der Waals surface area contributed by atoms with Gasteiger partial charge in [0.1, 0.15) is 5.75 Å². The van der Waals surface area contributed by atoms with Gasteiger partial charge in [-0.05, 0) is 43.7 Å². The topological polar surface area (TPSA) is 55.8 Å². The minimum Gasteiger partial charge on any atom is -0.508 e. The Hall–Kier alpha value is -1.75. The molecule has 2 heterocycles. The molecule has 0 unspecified atom stereocenters. The molecule has 0 saturated carbocycles. The van der Waals surface area contributed by atoms with Crippen LogP contribution in [0.4, 0.5) is 5.69 Å². The van der Waals surface area contributed by atoms with Gasteiger partial charge in [0.15, 0.2) is 0 Å². The van der Waals surface area contributed by atoms with Crippen LogP contribution >= 0.6 is 0 Å². The Kier molecular flexibility index (Phi) is 4.29. The normalized spacial score (nSPS) is 23.1. The summed E-state index contributed by atoms with van der Waals surface area (Å²) in [6.07, 6.45) is 3.30. The second kappa shape index (κ2) is 6.35. The number of benzene rings is 1. The van der Waals surface area contributed by atoms with E-state index in [-0.39, 0.29) is 17.7 Å². The SMILES string of the molecule is O=C([C@H]1CCCCN1)N1CCN(c2ccc(O)cc2)CC1. The number of piperidine rings is 1. The standard InChI is InChI=1S/C16H23N3O2/c20-14-6-4-13(5-7-14)18-9-11-19(12-10-18)16(21)15-3-1-2-8-17-15/h4-7,15,17,20H,1-3,8-12H2/t15-/m1/s1. The van der Waals surface area contributed by atoms with E-state index in [1.807, 2.05) is 17.0 Å². The molecule has 2 aliphatic heterocycles. The Morgan fingerprint density at radius 2 is 1.81 bits per heavy atom. The van der Waals surface area contributed by atoms with Gasteiger partial charge in [-0.1, -0.05) is 6.42 Å². The van der Waals surface area contributed by atoms with E-state index >= 15 is 0 Å². The molecule has 0 spiro atoms. The molecule has 114 valence electrons. The second-order valence-electron chi connectivity index (χ2n) is 5.83. The number of nitrogens with zero attached hydrogens (tertiary/aromatic N) is 2. The van der Waals surface area contributed by atoms with Crippen LogP contribution in [0.25, 0.3) is 0 Å². The Labute approximate surface area is 125 Å². The number of carbonyl (C=O) groups is 1. The van der Waals surface area contributed by atoms with Crippen LogP contribution in [0.15, 0.2) is 24.3 Å². The van der Waals surface area contributed by atoms with Crippen molar-refractivity contribution in [1.82, 2.24) is 10.2 Å². The van der Waals surface area contributed by atoms with Gasteiger partial charge in [0.25, 0.3) is 0 Å². The third-order valence-electron chi connectivity index (χ3n) is 4.41. The molecular weight excluding hydrogens is 266 g/mol. The Morgan fingerprint density at radius 1 is 1.10 bits per heavy atom. The van der Waals surface area contributed by atoms with E-state index in [2.05, 4.69) is 10.2 Å². The summed E-state index contributed by atoms with van der Waals surface area (Å²) in [5, 5.41) is 12.7. The largest absolute Gasteiger partial charge is 0.508 e. The summed E-state index contributed by atoms with van der Waals surface area (Å²) >= 11 is 0. The number of anilines is 1. The molecule has 21 heavy (non-hydrogen) atoms. The van der Waals surface area contributed by atoms with E-state index in [9.17, 15) is 9.90 Å². The number of carbonyl (C=O) groups excluding carboxylic acids is 1. The first-order valence-electron chi connectivity index (χ1n) is 7.80. The van der Waals surface area contributed by atoms with Gasteiger partial charge in [0.05, 0.1) is 6.04 Å². The fraction of sp³-hybridized carbons (Fsp3) is 0.562. The van der Waals surface area contributed by atoms with Crippen LogP contribution in [0.5, 0.6) is 5.75 Å². The molecule has 1 aromatic rings. The third-order valence-corrected chi connectivity index (χ3v) is 4.41. The van der Waals surface area contributed by atoms with Crippen LogP contribution in [-0.4, -0.2) is 54.7 Å². The molecule has 0 radical (unpaired) electrons. The van der Waals surface area contributed by atoms with Crippen molar-refractivity contribution in [3.8, 4) is 5.75 Å². The Balaban J connectivity index is 1.54. The number of phenolic OH excluding ortho intramolecular Hbond substituents is 1. The molecule has 3 rings (SSSR count). The van der Waals surface area contributed by atoms with Crippen LogP contribution in [0.2, 0.25) is 0 Å². The van der Waals surface area contributed by atoms with E-state index in [1.54, 1.807) is 12.1 Å². The summed E-state index contributed by atoms with van der Waals surface area (Å²) in [5.41, 5.74) is 1.11. The lowest BCUT2D eigenvalue weighted by Crippen LogP contribution is -2.55.